The first-order chi connectivity index (χ1) is 21.8. The van der Waals surface area contributed by atoms with Crippen molar-refractivity contribution in [3.8, 4) is 0 Å². The predicted octanol–water partition coefficient (Wildman–Crippen LogP) is 4.91. The number of halogens is 1. The molecule has 0 amide bonds. The molecule has 2 atom stereocenters. The second-order valence-electron chi connectivity index (χ2n) is 13.2. The van der Waals surface area contributed by atoms with E-state index in [1.807, 2.05) is 55.7 Å². The van der Waals surface area contributed by atoms with Gasteiger partial charge < -0.3 is 19.5 Å². The Morgan fingerprint density at radius 1 is 0.933 bits per heavy atom. The van der Waals surface area contributed by atoms with Crippen LogP contribution in [0.1, 0.15) is 67.1 Å². The second-order valence-corrected chi connectivity index (χ2v) is 13.2. The van der Waals surface area contributed by atoms with Crippen LogP contribution in [0.2, 0.25) is 0 Å². The zero-order valence-electron chi connectivity index (χ0n) is 26.2. The maximum absolute atomic E-state index is 15.7. The molecule has 0 unspecified atom stereocenters. The van der Waals surface area contributed by atoms with Gasteiger partial charge in [-0.15, -0.1) is 0 Å². The number of aromatic nitrogens is 4. The average molecular weight is 612 g/mol. The van der Waals surface area contributed by atoms with Gasteiger partial charge in [0.15, 0.2) is 5.43 Å². The summed E-state index contributed by atoms with van der Waals surface area (Å²) in [6.45, 7) is 7.87. The van der Waals surface area contributed by atoms with Crippen LogP contribution in [0.3, 0.4) is 0 Å². The van der Waals surface area contributed by atoms with E-state index in [-0.39, 0.29) is 11.5 Å². The van der Waals surface area contributed by atoms with Crippen molar-refractivity contribution in [3.05, 3.63) is 87.6 Å². The number of piperidine rings is 2. The summed E-state index contributed by atoms with van der Waals surface area (Å²) in [7, 11) is 0. The third-order valence-electron chi connectivity index (χ3n) is 9.58. The molecular formula is C35H42FN7O2. The Morgan fingerprint density at radius 3 is 2.51 bits per heavy atom. The standard InChI is InChI=1S/C35H42FN7O2/c1-23-13-25(9-10-37-23)18-42(28-5-3-12-41(21-28)34-17-38-24(2)16-39-34)19-26-20-43(27-7-8-27)32-15-33(31(36)14-30(32)35(26)45)40-11-4-6-29(44)22-40/h9-10,13-17,20,27-29,44H,3-8,11-12,18-19,21-22H2,1-2H3/t28-,29-/m0/s1. The number of rotatable bonds is 8. The van der Waals surface area contributed by atoms with Crippen molar-refractivity contribution in [1.29, 1.82) is 0 Å². The Kier molecular flexibility index (Phi) is 8.27. The van der Waals surface area contributed by atoms with E-state index in [9.17, 15) is 9.90 Å². The number of pyridine rings is 2. The molecule has 2 saturated heterocycles. The Labute approximate surface area is 263 Å². The molecule has 2 aliphatic heterocycles. The lowest BCUT2D eigenvalue weighted by atomic mass is 10.0. The lowest BCUT2D eigenvalue weighted by molar-refractivity contribution is 0.154. The number of aliphatic hydroxyl groups is 1. The van der Waals surface area contributed by atoms with E-state index in [1.165, 1.54) is 6.07 Å². The van der Waals surface area contributed by atoms with Crippen molar-refractivity contribution in [3.63, 3.8) is 0 Å². The molecule has 45 heavy (non-hydrogen) atoms. The third-order valence-corrected chi connectivity index (χ3v) is 9.58. The van der Waals surface area contributed by atoms with Gasteiger partial charge in [0.2, 0.25) is 0 Å². The van der Waals surface area contributed by atoms with Crippen LogP contribution < -0.4 is 15.2 Å². The fraction of sp³-hybridized carbons (Fsp3) is 0.486. The lowest BCUT2D eigenvalue weighted by Crippen LogP contribution is -2.48. The van der Waals surface area contributed by atoms with Crippen LogP contribution in [0.15, 0.2) is 53.8 Å². The largest absolute Gasteiger partial charge is 0.391 e. The summed E-state index contributed by atoms with van der Waals surface area (Å²) >= 11 is 0. The zero-order valence-corrected chi connectivity index (χ0v) is 26.2. The predicted molar refractivity (Wildman–Crippen MR) is 174 cm³/mol. The van der Waals surface area contributed by atoms with E-state index in [4.69, 9.17) is 0 Å². The Hall–Kier alpha value is -3.89. The van der Waals surface area contributed by atoms with Gasteiger partial charge in [-0.25, -0.2) is 9.37 Å². The molecule has 10 heteroatoms. The number of β-amino-alcohol motifs (C(OH)–C–C–N with tert-alkyl or cyclic N) is 1. The molecule has 236 valence electrons. The zero-order chi connectivity index (χ0) is 31.1. The van der Waals surface area contributed by atoms with Crippen LogP contribution in [-0.2, 0) is 13.1 Å². The van der Waals surface area contributed by atoms with E-state index in [2.05, 4.69) is 35.4 Å². The molecule has 5 heterocycles. The first-order valence-corrected chi connectivity index (χ1v) is 16.3. The number of hydrogen-bond donors (Lipinski definition) is 1. The topological polar surface area (TPSA) is 90.6 Å². The van der Waals surface area contributed by atoms with Gasteiger partial charge in [0.05, 0.1) is 35.4 Å². The average Bonchev–Trinajstić information content (AvgIpc) is 3.88. The van der Waals surface area contributed by atoms with Gasteiger partial charge in [-0.05, 0) is 82.2 Å². The summed E-state index contributed by atoms with van der Waals surface area (Å²) in [5.74, 6) is 0.471. The highest BCUT2D eigenvalue weighted by atomic mass is 19.1. The Bertz CT molecular complexity index is 1740. The third kappa shape index (κ3) is 6.44. The highest BCUT2D eigenvalue weighted by molar-refractivity contribution is 5.84. The van der Waals surface area contributed by atoms with E-state index in [1.54, 1.807) is 0 Å². The Balaban J connectivity index is 1.25. The van der Waals surface area contributed by atoms with Gasteiger partial charge in [-0.3, -0.25) is 19.7 Å². The number of aliphatic hydroxyl groups excluding tert-OH is 1. The van der Waals surface area contributed by atoms with Crippen LogP contribution in [0, 0.1) is 19.7 Å². The van der Waals surface area contributed by atoms with Gasteiger partial charge in [0.1, 0.15) is 11.6 Å². The highest BCUT2D eigenvalue weighted by Gasteiger charge is 2.30. The number of anilines is 2. The minimum absolute atomic E-state index is 0.112. The molecule has 9 nitrogen and oxygen atoms in total. The van der Waals surface area contributed by atoms with Crippen molar-refractivity contribution in [2.24, 2.45) is 0 Å². The maximum atomic E-state index is 15.7. The highest BCUT2D eigenvalue weighted by Crippen LogP contribution is 2.38. The van der Waals surface area contributed by atoms with Gasteiger partial charge >= 0.3 is 0 Å². The molecule has 0 spiro atoms. The first kappa shape index (κ1) is 29.8. The fourth-order valence-corrected chi connectivity index (χ4v) is 7.08. The molecular weight excluding hydrogens is 569 g/mol. The SMILES string of the molecule is Cc1cnc(N2CCC[C@H](N(Cc3ccnc(C)c3)Cc3cn(C4CC4)c4cc(N5CCC[C@H](O)C5)c(F)cc4c3=O)C2)cn1. The van der Waals surface area contributed by atoms with Crippen LogP contribution >= 0.6 is 0 Å². The molecule has 7 rings (SSSR count). The van der Waals surface area contributed by atoms with E-state index >= 15 is 4.39 Å². The summed E-state index contributed by atoms with van der Waals surface area (Å²) in [5.41, 5.74) is 4.83. The van der Waals surface area contributed by atoms with Crippen molar-refractivity contribution < 1.29 is 9.50 Å². The Morgan fingerprint density at radius 2 is 1.76 bits per heavy atom. The number of hydrogen-bond acceptors (Lipinski definition) is 8. The summed E-state index contributed by atoms with van der Waals surface area (Å²) in [5, 5.41) is 10.7. The van der Waals surface area contributed by atoms with E-state index in [0.717, 1.165) is 79.9 Å². The molecule has 3 fully saturated rings. The van der Waals surface area contributed by atoms with Crippen LogP contribution in [-0.4, -0.2) is 67.9 Å². The summed E-state index contributed by atoms with van der Waals surface area (Å²) in [6.07, 6.45) is 12.7. The van der Waals surface area contributed by atoms with Crippen LogP contribution in [0.4, 0.5) is 15.9 Å². The smallest absolute Gasteiger partial charge is 0.193 e. The first-order valence-electron chi connectivity index (χ1n) is 16.3. The molecule has 0 radical (unpaired) electrons. The minimum atomic E-state index is -0.467. The normalized spacial score (nSPS) is 20.7. The number of nitrogens with zero attached hydrogens (tertiary/aromatic N) is 7. The molecule has 1 aromatic carbocycles. The van der Waals surface area contributed by atoms with Crippen LogP contribution in [0.5, 0.6) is 0 Å². The van der Waals surface area contributed by atoms with Gasteiger partial charge in [0, 0.05) is 80.4 Å². The summed E-state index contributed by atoms with van der Waals surface area (Å²) in [4.78, 5) is 34.3. The number of aryl methyl sites for hydroxylation is 2. The van der Waals surface area contributed by atoms with Crippen molar-refractivity contribution in [2.45, 2.75) is 83.6 Å². The minimum Gasteiger partial charge on any atom is -0.391 e. The number of benzene rings is 1. The molecule has 3 aliphatic rings. The molecule has 0 bridgehead atoms. The molecule has 1 N–H and O–H groups in total. The molecule has 1 aliphatic carbocycles. The molecule has 3 aromatic heterocycles. The van der Waals surface area contributed by atoms with Gasteiger partial charge in [-0.2, -0.15) is 0 Å². The van der Waals surface area contributed by atoms with E-state index in [0.29, 0.717) is 48.9 Å². The van der Waals surface area contributed by atoms with Crippen LogP contribution in [0.25, 0.3) is 10.9 Å². The van der Waals surface area contributed by atoms with E-state index < -0.39 is 11.9 Å². The summed E-state index contributed by atoms with van der Waals surface area (Å²) < 4.78 is 17.9. The second kappa shape index (κ2) is 12.5. The van der Waals surface area contributed by atoms with Crippen molar-refractivity contribution >= 4 is 22.4 Å². The van der Waals surface area contributed by atoms with Gasteiger partial charge in [0.25, 0.3) is 0 Å². The fourth-order valence-electron chi connectivity index (χ4n) is 7.08. The number of fused-ring (bicyclic) bond motifs is 1. The summed E-state index contributed by atoms with van der Waals surface area (Å²) in [6, 6.07) is 7.92. The van der Waals surface area contributed by atoms with Crippen molar-refractivity contribution in [1.82, 2.24) is 24.4 Å². The quantitative estimate of drug-likeness (QED) is 0.301. The van der Waals surface area contributed by atoms with Gasteiger partial charge in [-0.1, -0.05) is 0 Å². The monoisotopic (exact) mass is 611 g/mol. The molecule has 4 aromatic rings. The molecule has 1 saturated carbocycles. The van der Waals surface area contributed by atoms with Crippen molar-refractivity contribution in [2.75, 3.05) is 36.0 Å². The maximum Gasteiger partial charge on any atom is 0.193 e. The lowest BCUT2D eigenvalue weighted by Gasteiger charge is -2.40.